The van der Waals surface area contributed by atoms with E-state index >= 15 is 0 Å². The molecule has 0 fully saturated rings. The van der Waals surface area contributed by atoms with E-state index < -0.39 is 0 Å². The number of aromatic nitrogens is 2. The van der Waals surface area contributed by atoms with Crippen molar-refractivity contribution in [2.75, 3.05) is 6.54 Å². The first-order valence-electron chi connectivity index (χ1n) is 6.23. The maximum Gasteiger partial charge on any atom is 0.111 e. The Morgan fingerprint density at radius 1 is 1.32 bits per heavy atom. The summed E-state index contributed by atoms with van der Waals surface area (Å²) in [5.41, 5.74) is 7.58. The summed E-state index contributed by atoms with van der Waals surface area (Å²) in [5, 5.41) is 1.23. The zero-order valence-corrected chi connectivity index (χ0v) is 12.5. The normalized spacial score (nSPS) is 12.9. The topological polar surface area (TPSA) is 54.7 Å². The molecule has 1 atom stereocenters. The minimum atomic E-state index is 0.222. The van der Waals surface area contributed by atoms with Crippen LogP contribution in [-0.4, -0.2) is 16.5 Å². The highest BCUT2D eigenvalue weighted by Crippen LogP contribution is 2.30. The van der Waals surface area contributed by atoms with Crippen molar-refractivity contribution < 1.29 is 0 Å². The van der Waals surface area contributed by atoms with E-state index in [1.54, 1.807) is 12.3 Å². The Labute approximate surface area is 123 Å². The summed E-state index contributed by atoms with van der Waals surface area (Å²) in [5.74, 6) is 1.56. The van der Waals surface area contributed by atoms with Crippen molar-refractivity contribution in [2.45, 2.75) is 19.8 Å². The Hall–Kier alpha value is -1.03. The second-order valence-electron chi connectivity index (χ2n) is 4.89. The van der Waals surface area contributed by atoms with Crippen molar-refractivity contribution in [3.63, 3.8) is 0 Å². The summed E-state index contributed by atoms with van der Waals surface area (Å²) in [6, 6.07) is 5.42. The summed E-state index contributed by atoms with van der Waals surface area (Å²) < 4.78 is 0. The molecule has 19 heavy (non-hydrogen) atoms. The molecule has 0 aliphatic heterocycles. The van der Waals surface area contributed by atoms with Crippen LogP contribution in [0.25, 0.3) is 11.3 Å². The molecule has 0 spiro atoms. The van der Waals surface area contributed by atoms with Gasteiger partial charge in [0.1, 0.15) is 5.82 Å². The summed E-state index contributed by atoms with van der Waals surface area (Å²) in [4.78, 5) is 7.72. The molecule has 2 rings (SSSR count). The van der Waals surface area contributed by atoms with Gasteiger partial charge in [-0.15, -0.1) is 0 Å². The molecule has 3 N–H and O–H groups in total. The molecule has 0 saturated carbocycles. The van der Waals surface area contributed by atoms with Crippen LogP contribution in [0.4, 0.5) is 0 Å². The van der Waals surface area contributed by atoms with Gasteiger partial charge in [-0.25, -0.2) is 4.98 Å². The van der Waals surface area contributed by atoms with Crippen LogP contribution >= 0.6 is 23.2 Å². The van der Waals surface area contributed by atoms with Crippen LogP contribution in [0.3, 0.4) is 0 Å². The molecule has 1 unspecified atom stereocenters. The molecule has 0 bridgehead atoms. The lowest BCUT2D eigenvalue weighted by Crippen LogP contribution is -2.19. The third-order valence-electron chi connectivity index (χ3n) is 3.23. The number of rotatable bonds is 4. The molecule has 0 aliphatic carbocycles. The smallest absolute Gasteiger partial charge is 0.111 e. The number of nitrogens with zero attached hydrogens (tertiary/aromatic N) is 1. The number of aromatic amines is 1. The fourth-order valence-corrected chi connectivity index (χ4v) is 2.58. The molecule has 5 heteroatoms. The van der Waals surface area contributed by atoms with Crippen LogP contribution in [0.5, 0.6) is 0 Å². The SMILES string of the molecule is CC(C)C(CN)c1ncc(-c2ccc(Cl)cc2Cl)[nH]1. The molecule has 1 aromatic carbocycles. The van der Waals surface area contributed by atoms with Gasteiger partial charge in [0.2, 0.25) is 0 Å². The summed E-state index contributed by atoms with van der Waals surface area (Å²) in [6.07, 6.45) is 1.79. The quantitative estimate of drug-likeness (QED) is 0.893. The van der Waals surface area contributed by atoms with Crippen molar-refractivity contribution in [1.82, 2.24) is 9.97 Å². The number of hydrogen-bond donors (Lipinski definition) is 2. The lowest BCUT2D eigenvalue weighted by atomic mass is 9.95. The predicted octanol–water partition coefficient (Wildman–Crippen LogP) is 4.08. The molecule has 0 saturated heterocycles. The number of imidazole rings is 1. The highest BCUT2D eigenvalue weighted by Gasteiger charge is 2.18. The highest BCUT2D eigenvalue weighted by molar-refractivity contribution is 6.36. The molecular formula is C14H17Cl2N3. The van der Waals surface area contributed by atoms with Gasteiger partial charge in [-0.05, 0) is 24.1 Å². The lowest BCUT2D eigenvalue weighted by Gasteiger charge is -2.15. The summed E-state index contributed by atoms with van der Waals surface area (Å²) >= 11 is 12.1. The van der Waals surface area contributed by atoms with Gasteiger partial charge in [0.15, 0.2) is 0 Å². The van der Waals surface area contributed by atoms with Gasteiger partial charge in [0, 0.05) is 23.0 Å². The largest absolute Gasteiger partial charge is 0.342 e. The Kier molecular flexibility index (Phi) is 4.50. The Balaban J connectivity index is 2.35. The molecule has 0 amide bonds. The van der Waals surface area contributed by atoms with Crippen molar-refractivity contribution in [1.29, 1.82) is 0 Å². The average molecular weight is 298 g/mol. The zero-order chi connectivity index (χ0) is 14.0. The van der Waals surface area contributed by atoms with Crippen molar-refractivity contribution >= 4 is 23.2 Å². The monoisotopic (exact) mass is 297 g/mol. The first-order chi connectivity index (χ1) is 9.02. The summed E-state index contributed by atoms with van der Waals surface area (Å²) in [7, 11) is 0. The van der Waals surface area contributed by atoms with Crippen molar-refractivity contribution in [2.24, 2.45) is 11.7 Å². The number of nitrogens with two attached hydrogens (primary N) is 1. The Bertz CT molecular complexity index is 564. The van der Waals surface area contributed by atoms with E-state index in [0.29, 0.717) is 22.5 Å². The first kappa shape index (κ1) is 14.4. The standard InChI is InChI=1S/C14H17Cl2N3/c1-8(2)11(6-17)14-18-7-13(19-14)10-4-3-9(15)5-12(10)16/h3-5,7-8,11H,6,17H2,1-2H3,(H,18,19). The van der Waals surface area contributed by atoms with Crippen LogP contribution < -0.4 is 5.73 Å². The second-order valence-corrected chi connectivity index (χ2v) is 5.74. The number of H-pyrrole nitrogens is 1. The van der Waals surface area contributed by atoms with Crippen LogP contribution in [0.1, 0.15) is 25.6 Å². The van der Waals surface area contributed by atoms with Crippen LogP contribution in [0, 0.1) is 5.92 Å². The molecule has 3 nitrogen and oxygen atoms in total. The molecule has 102 valence electrons. The minimum absolute atomic E-state index is 0.222. The summed E-state index contributed by atoms with van der Waals surface area (Å²) in [6.45, 7) is 4.84. The maximum atomic E-state index is 6.19. The van der Waals surface area contributed by atoms with E-state index in [1.807, 2.05) is 12.1 Å². The maximum absolute atomic E-state index is 6.19. The van der Waals surface area contributed by atoms with Gasteiger partial charge >= 0.3 is 0 Å². The number of benzene rings is 1. The van der Waals surface area contributed by atoms with Gasteiger partial charge in [0.25, 0.3) is 0 Å². The van der Waals surface area contributed by atoms with Gasteiger partial charge in [0.05, 0.1) is 16.9 Å². The minimum Gasteiger partial charge on any atom is -0.342 e. The fourth-order valence-electron chi connectivity index (χ4n) is 2.07. The number of halogens is 2. The van der Waals surface area contributed by atoms with E-state index in [2.05, 4.69) is 23.8 Å². The number of nitrogens with one attached hydrogen (secondary N) is 1. The third kappa shape index (κ3) is 3.11. The Morgan fingerprint density at radius 3 is 2.63 bits per heavy atom. The van der Waals surface area contributed by atoms with Gasteiger partial charge in [-0.2, -0.15) is 0 Å². The average Bonchev–Trinajstić information content (AvgIpc) is 2.78. The molecule has 0 radical (unpaired) electrons. The molecule has 2 aromatic rings. The first-order valence-corrected chi connectivity index (χ1v) is 6.99. The van der Waals surface area contributed by atoms with E-state index in [-0.39, 0.29) is 5.92 Å². The zero-order valence-electron chi connectivity index (χ0n) is 11.0. The molecular weight excluding hydrogens is 281 g/mol. The van der Waals surface area contributed by atoms with E-state index in [9.17, 15) is 0 Å². The van der Waals surface area contributed by atoms with Crippen LogP contribution in [0.15, 0.2) is 24.4 Å². The van der Waals surface area contributed by atoms with E-state index in [0.717, 1.165) is 17.1 Å². The lowest BCUT2D eigenvalue weighted by molar-refractivity contribution is 0.487. The van der Waals surface area contributed by atoms with Crippen molar-refractivity contribution in [3.8, 4) is 11.3 Å². The third-order valence-corrected chi connectivity index (χ3v) is 3.77. The van der Waals surface area contributed by atoms with Gasteiger partial charge in [-0.1, -0.05) is 37.0 Å². The van der Waals surface area contributed by atoms with Crippen LogP contribution in [-0.2, 0) is 0 Å². The fraction of sp³-hybridized carbons (Fsp3) is 0.357. The van der Waals surface area contributed by atoms with Crippen LogP contribution in [0.2, 0.25) is 10.0 Å². The van der Waals surface area contributed by atoms with Gasteiger partial charge in [-0.3, -0.25) is 0 Å². The van der Waals surface area contributed by atoms with Crippen molar-refractivity contribution in [3.05, 3.63) is 40.3 Å². The molecule has 0 aliphatic rings. The van der Waals surface area contributed by atoms with E-state index in [4.69, 9.17) is 28.9 Å². The second kappa shape index (κ2) is 5.95. The molecule has 1 aromatic heterocycles. The van der Waals surface area contributed by atoms with E-state index in [1.165, 1.54) is 0 Å². The van der Waals surface area contributed by atoms with Gasteiger partial charge < -0.3 is 10.7 Å². The number of hydrogen-bond acceptors (Lipinski definition) is 2. The predicted molar refractivity (Wildman–Crippen MR) is 80.7 cm³/mol. The highest BCUT2D eigenvalue weighted by atomic mass is 35.5. The molecule has 1 heterocycles. The Morgan fingerprint density at radius 2 is 2.05 bits per heavy atom.